The minimum atomic E-state index is -0.243. The van der Waals surface area contributed by atoms with E-state index in [2.05, 4.69) is 42.7 Å². The van der Waals surface area contributed by atoms with Crippen molar-refractivity contribution >= 4 is 22.5 Å². The zero-order valence-corrected chi connectivity index (χ0v) is 13.4. The zero-order chi connectivity index (χ0) is 15.6. The lowest BCUT2D eigenvalue weighted by Crippen LogP contribution is -2.43. The van der Waals surface area contributed by atoms with Crippen molar-refractivity contribution in [3.05, 3.63) is 42.0 Å². The largest absolute Gasteiger partial charge is 0.333 e. The summed E-state index contributed by atoms with van der Waals surface area (Å²) in [6.07, 6.45) is 0. The van der Waals surface area contributed by atoms with Crippen LogP contribution >= 0.6 is 0 Å². The van der Waals surface area contributed by atoms with Crippen molar-refractivity contribution in [2.24, 2.45) is 0 Å². The van der Waals surface area contributed by atoms with Crippen LogP contribution in [-0.2, 0) is 0 Å². The highest BCUT2D eigenvalue weighted by Crippen LogP contribution is 2.24. The van der Waals surface area contributed by atoms with Gasteiger partial charge in [0.15, 0.2) is 0 Å². The van der Waals surface area contributed by atoms with E-state index in [1.165, 1.54) is 10.9 Å². The monoisotopic (exact) mass is 284 g/mol. The second kappa shape index (κ2) is 5.76. The molecule has 0 heterocycles. The number of carbonyl (C=O) groups excluding carboxylic acids is 1. The number of carbonyl (C=O) groups is 1. The molecule has 2 N–H and O–H groups in total. The predicted octanol–water partition coefficient (Wildman–Crippen LogP) is 4.88. The van der Waals surface area contributed by atoms with Crippen LogP contribution < -0.4 is 10.6 Å². The number of benzene rings is 2. The van der Waals surface area contributed by atoms with Gasteiger partial charge in [-0.25, -0.2) is 4.79 Å². The molecule has 2 amide bonds. The Balaban J connectivity index is 2.20. The van der Waals surface area contributed by atoms with E-state index < -0.39 is 0 Å². The molecule has 0 aliphatic rings. The number of fused-ring (bicyclic) bond motifs is 1. The van der Waals surface area contributed by atoms with Gasteiger partial charge in [-0.3, -0.25) is 0 Å². The van der Waals surface area contributed by atoms with Gasteiger partial charge < -0.3 is 10.6 Å². The molecule has 0 aromatic heterocycles. The molecule has 3 nitrogen and oxygen atoms in total. The first kappa shape index (κ1) is 15.4. The maximum atomic E-state index is 11.9. The minimum absolute atomic E-state index is 0.180. The third kappa shape index (κ3) is 4.22. The summed E-state index contributed by atoms with van der Waals surface area (Å²) in [6.45, 7) is 10.3. The average Bonchev–Trinajstić information content (AvgIpc) is 2.35. The summed E-state index contributed by atoms with van der Waals surface area (Å²) in [6, 6.07) is 12.3. The van der Waals surface area contributed by atoms with Crippen LogP contribution in [-0.4, -0.2) is 11.6 Å². The summed E-state index contributed by atoms with van der Waals surface area (Å²) in [5.74, 6) is 0.518. The molecule has 0 aliphatic heterocycles. The van der Waals surface area contributed by atoms with Gasteiger partial charge in [-0.05, 0) is 55.2 Å². The summed E-state index contributed by atoms with van der Waals surface area (Å²) >= 11 is 0. The topological polar surface area (TPSA) is 41.1 Å². The van der Waals surface area contributed by atoms with Gasteiger partial charge in [-0.2, -0.15) is 0 Å². The first-order valence-corrected chi connectivity index (χ1v) is 7.37. The fourth-order valence-corrected chi connectivity index (χ4v) is 2.20. The summed E-state index contributed by atoms with van der Waals surface area (Å²) in [5, 5.41) is 8.10. The molecule has 112 valence electrons. The summed E-state index contributed by atoms with van der Waals surface area (Å²) < 4.78 is 0. The second-order valence-electron chi connectivity index (χ2n) is 6.81. The van der Waals surface area contributed by atoms with Gasteiger partial charge in [0.25, 0.3) is 0 Å². The minimum Gasteiger partial charge on any atom is -0.333 e. The Labute approximate surface area is 126 Å². The Hall–Kier alpha value is -2.03. The van der Waals surface area contributed by atoms with Crippen molar-refractivity contribution in [1.82, 2.24) is 5.32 Å². The molecule has 2 aromatic rings. The van der Waals surface area contributed by atoms with Crippen LogP contribution in [0.15, 0.2) is 36.4 Å². The van der Waals surface area contributed by atoms with Gasteiger partial charge in [0, 0.05) is 11.2 Å². The van der Waals surface area contributed by atoms with E-state index >= 15 is 0 Å². The van der Waals surface area contributed by atoms with E-state index in [1.807, 2.05) is 39.0 Å². The summed E-state index contributed by atoms with van der Waals surface area (Å²) in [7, 11) is 0. The number of hydrogen-bond donors (Lipinski definition) is 2. The molecular weight excluding hydrogens is 260 g/mol. The molecular formula is C18H24N2O. The van der Waals surface area contributed by atoms with Gasteiger partial charge in [-0.15, -0.1) is 0 Å². The lowest BCUT2D eigenvalue weighted by Gasteiger charge is -2.20. The number of rotatable bonds is 2. The highest BCUT2D eigenvalue weighted by molar-refractivity contribution is 5.94. The van der Waals surface area contributed by atoms with E-state index in [4.69, 9.17) is 0 Å². The summed E-state index contributed by atoms with van der Waals surface area (Å²) in [5.41, 5.74) is 1.89. The Morgan fingerprint density at radius 3 is 2.24 bits per heavy atom. The molecule has 0 saturated heterocycles. The van der Waals surface area contributed by atoms with E-state index in [9.17, 15) is 4.79 Å². The third-order valence-corrected chi connectivity index (χ3v) is 3.28. The maximum absolute atomic E-state index is 11.9. The highest BCUT2D eigenvalue weighted by atomic mass is 16.2. The van der Waals surface area contributed by atoms with Crippen molar-refractivity contribution in [2.75, 3.05) is 5.32 Å². The maximum Gasteiger partial charge on any atom is 0.319 e. The molecule has 0 spiro atoms. The number of amides is 2. The van der Waals surface area contributed by atoms with Gasteiger partial charge in [0.2, 0.25) is 0 Å². The molecule has 3 heteroatoms. The fourth-order valence-electron chi connectivity index (χ4n) is 2.20. The number of urea groups is 1. The highest BCUT2D eigenvalue weighted by Gasteiger charge is 2.13. The Morgan fingerprint density at radius 1 is 1.00 bits per heavy atom. The molecule has 0 fully saturated rings. The van der Waals surface area contributed by atoms with Crippen LogP contribution in [0.1, 0.15) is 46.1 Å². The van der Waals surface area contributed by atoms with Crippen LogP contribution in [0.25, 0.3) is 10.8 Å². The third-order valence-electron chi connectivity index (χ3n) is 3.28. The Bertz CT molecular complexity index is 654. The summed E-state index contributed by atoms with van der Waals surface area (Å²) in [4.78, 5) is 11.9. The second-order valence-corrected chi connectivity index (χ2v) is 6.81. The van der Waals surface area contributed by atoms with Gasteiger partial charge in [0.05, 0.1) is 0 Å². The molecule has 0 unspecified atom stereocenters. The molecule has 0 aliphatic carbocycles. The van der Waals surface area contributed by atoms with Crippen molar-refractivity contribution in [3.63, 3.8) is 0 Å². The van der Waals surface area contributed by atoms with Crippen molar-refractivity contribution in [1.29, 1.82) is 0 Å². The fraction of sp³-hybridized carbons (Fsp3) is 0.389. The molecule has 2 rings (SSSR count). The Morgan fingerprint density at radius 2 is 1.62 bits per heavy atom. The van der Waals surface area contributed by atoms with Crippen LogP contribution in [0, 0.1) is 0 Å². The first-order chi connectivity index (χ1) is 9.74. The molecule has 0 radical (unpaired) electrons. The Kier molecular flexibility index (Phi) is 4.21. The molecule has 2 aromatic carbocycles. The molecule has 0 atom stereocenters. The van der Waals surface area contributed by atoms with Crippen molar-refractivity contribution in [2.45, 2.75) is 46.1 Å². The van der Waals surface area contributed by atoms with E-state index in [-0.39, 0.29) is 11.6 Å². The number of hydrogen-bond acceptors (Lipinski definition) is 1. The van der Waals surface area contributed by atoms with Crippen molar-refractivity contribution in [3.8, 4) is 0 Å². The zero-order valence-electron chi connectivity index (χ0n) is 13.4. The molecule has 0 bridgehead atoms. The van der Waals surface area contributed by atoms with Crippen LogP contribution in [0.4, 0.5) is 10.5 Å². The SMILES string of the molecule is CC(C)c1ccc2cc(NC(=O)NC(C)(C)C)ccc2c1. The lowest BCUT2D eigenvalue weighted by molar-refractivity contribution is 0.244. The normalized spacial score (nSPS) is 11.7. The number of nitrogens with one attached hydrogen (secondary N) is 2. The van der Waals surface area contributed by atoms with Gasteiger partial charge in [0.1, 0.15) is 0 Å². The van der Waals surface area contributed by atoms with E-state index in [1.54, 1.807) is 0 Å². The number of anilines is 1. The average molecular weight is 284 g/mol. The van der Waals surface area contributed by atoms with Gasteiger partial charge in [-0.1, -0.05) is 38.1 Å². The predicted molar refractivity (Wildman–Crippen MR) is 89.9 cm³/mol. The van der Waals surface area contributed by atoms with Crippen LogP contribution in [0.2, 0.25) is 0 Å². The van der Waals surface area contributed by atoms with Crippen molar-refractivity contribution < 1.29 is 4.79 Å². The lowest BCUT2D eigenvalue weighted by atomic mass is 9.99. The van der Waals surface area contributed by atoms with Crippen LogP contribution in [0.3, 0.4) is 0 Å². The van der Waals surface area contributed by atoms with E-state index in [0.29, 0.717) is 5.92 Å². The van der Waals surface area contributed by atoms with Crippen LogP contribution in [0.5, 0.6) is 0 Å². The smallest absolute Gasteiger partial charge is 0.319 e. The molecule has 21 heavy (non-hydrogen) atoms. The molecule has 0 saturated carbocycles. The van der Waals surface area contributed by atoms with E-state index in [0.717, 1.165) is 11.1 Å². The standard InChI is InChI=1S/C18H24N2O/c1-12(2)13-6-7-15-11-16(9-8-14(15)10-13)19-17(21)20-18(3,4)5/h6-12H,1-5H3,(H2,19,20,21). The first-order valence-electron chi connectivity index (χ1n) is 7.37. The quantitative estimate of drug-likeness (QED) is 0.810. The van der Waals surface area contributed by atoms with Gasteiger partial charge >= 0.3 is 6.03 Å².